The fourth-order valence-electron chi connectivity index (χ4n) is 1.92. The van der Waals surface area contributed by atoms with Gasteiger partial charge in [-0.3, -0.25) is 14.5 Å². The van der Waals surface area contributed by atoms with E-state index in [-0.39, 0.29) is 17.2 Å². The van der Waals surface area contributed by atoms with Gasteiger partial charge in [0.2, 0.25) is 5.65 Å². The van der Waals surface area contributed by atoms with E-state index in [0.717, 1.165) is 5.56 Å². The molecule has 0 N–H and O–H groups in total. The number of hydrogen-bond acceptors (Lipinski definition) is 6. The predicted octanol–water partition coefficient (Wildman–Crippen LogP) is 1.71. The third kappa shape index (κ3) is 1.74. The van der Waals surface area contributed by atoms with Crippen molar-refractivity contribution in [3.8, 4) is 17.3 Å². The molecule has 0 aliphatic heterocycles. The number of fused-ring (bicyclic) bond motifs is 1. The fourth-order valence-corrected chi connectivity index (χ4v) is 1.92. The molecule has 100 valence electrons. The van der Waals surface area contributed by atoms with Gasteiger partial charge in [0.25, 0.3) is 5.88 Å². The van der Waals surface area contributed by atoms with Crippen molar-refractivity contribution in [2.45, 2.75) is 0 Å². The third-order valence-electron chi connectivity index (χ3n) is 2.81. The standard InChI is InChI=1S/C12H9N5O3/c1-20-12-9(17(18)19)11-15-14-10(16(11)7-13-12)8-5-3-2-4-6-8/h2-7H,1H3. The summed E-state index contributed by atoms with van der Waals surface area (Å²) < 4.78 is 6.36. The van der Waals surface area contributed by atoms with Gasteiger partial charge in [-0.05, 0) is 0 Å². The first kappa shape index (κ1) is 12.0. The first-order valence-corrected chi connectivity index (χ1v) is 5.70. The summed E-state index contributed by atoms with van der Waals surface area (Å²) in [4.78, 5) is 14.5. The molecule has 0 atom stereocenters. The van der Waals surface area contributed by atoms with Crippen LogP contribution in [0.2, 0.25) is 0 Å². The van der Waals surface area contributed by atoms with Gasteiger partial charge in [-0.25, -0.2) is 0 Å². The van der Waals surface area contributed by atoms with Crippen molar-refractivity contribution in [1.82, 2.24) is 19.6 Å². The zero-order chi connectivity index (χ0) is 14.1. The molecule has 3 rings (SSSR count). The van der Waals surface area contributed by atoms with E-state index in [0.29, 0.717) is 5.82 Å². The normalized spacial score (nSPS) is 10.7. The maximum atomic E-state index is 11.1. The number of hydrogen-bond donors (Lipinski definition) is 0. The molecule has 1 aromatic carbocycles. The molecule has 0 amide bonds. The summed E-state index contributed by atoms with van der Waals surface area (Å²) in [6.07, 6.45) is 1.41. The molecule has 8 nitrogen and oxygen atoms in total. The van der Waals surface area contributed by atoms with E-state index >= 15 is 0 Å². The predicted molar refractivity (Wildman–Crippen MR) is 69.4 cm³/mol. The summed E-state index contributed by atoms with van der Waals surface area (Å²) in [6.45, 7) is 0. The number of rotatable bonds is 3. The lowest BCUT2D eigenvalue weighted by molar-refractivity contribution is -0.384. The van der Waals surface area contributed by atoms with Gasteiger partial charge in [0.1, 0.15) is 6.33 Å². The van der Waals surface area contributed by atoms with Crippen molar-refractivity contribution >= 4 is 11.3 Å². The van der Waals surface area contributed by atoms with Crippen LogP contribution in [0.25, 0.3) is 17.0 Å². The Morgan fingerprint density at radius 3 is 2.65 bits per heavy atom. The van der Waals surface area contributed by atoms with Crippen LogP contribution in [0.15, 0.2) is 36.7 Å². The van der Waals surface area contributed by atoms with Gasteiger partial charge in [-0.1, -0.05) is 30.3 Å². The van der Waals surface area contributed by atoms with Gasteiger partial charge < -0.3 is 4.74 Å². The molecule has 0 unspecified atom stereocenters. The highest BCUT2D eigenvalue weighted by molar-refractivity contribution is 5.68. The first-order chi connectivity index (χ1) is 9.72. The second-order valence-electron chi connectivity index (χ2n) is 3.94. The Morgan fingerprint density at radius 1 is 1.25 bits per heavy atom. The van der Waals surface area contributed by atoms with Gasteiger partial charge in [0.15, 0.2) is 5.82 Å². The summed E-state index contributed by atoms with van der Waals surface area (Å²) in [5.41, 5.74) is 0.589. The van der Waals surface area contributed by atoms with Gasteiger partial charge in [0, 0.05) is 5.56 Å². The molecule has 0 aliphatic carbocycles. The van der Waals surface area contributed by atoms with Crippen molar-refractivity contribution in [1.29, 1.82) is 0 Å². The number of nitro groups is 1. The summed E-state index contributed by atoms with van der Waals surface area (Å²) >= 11 is 0. The van der Waals surface area contributed by atoms with Crippen LogP contribution in [0.3, 0.4) is 0 Å². The Hall–Kier alpha value is -3.03. The van der Waals surface area contributed by atoms with Crippen molar-refractivity contribution in [3.63, 3.8) is 0 Å². The van der Waals surface area contributed by atoms with Gasteiger partial charge in [0.05, 0.1) is 12.0 Å². The van der Waals surface area contributed by atoms with Crippen molar-refractivity contribution in [2.75, 3.05) is 7.11 Å². The average molecular weight is 271 g/mol. The molecular weight excluding hydrogens is 262 g/mol. The second kappa shape index (κ2) is 4.57. The van der Waals surface area contributed by atoms with Crippen LogP contribution in [-0.4, -0.2) is 31.6 Å². The van der Waals surface area contributed by atoms with Crippen molar-refractivity contribution < 1.29 is 9.66 Å². The van der Waals surface area contributed by atoms with E-state index in [4.69, 9.17) is 4.74 Å². The quantitative estimate of drug-likeness (QED) is 0.531. The lowest BCUT2D eigenvalue weighted by Gasteiger charge is -2.02. The highest BCUT2D eigenvalue weighted by atomic mass is 16.6. The van der Waals surface area contributed by atoms with Crippen LogP contribution in [0.5, 0.6) is 5.88 Å². The molecule has 2 heterocycles. The molecule has 0 saturated carbocycles. The summed E-state index contributed by atoms with van der Waals surface area (Å²) in [6, 6.07) is 9.25. The Kier molecular flexibility index (Phi) is 2.75. The molecule has 0 radical (unpaired) electrons. The second-order valence-corrected chi connectivity index (χ2v) is 3.94. The zero-order valence-corrected chi connectivity index (χ0v) is 10.4. The van der Waals surface area contributed by atoms with Gasteiger partial charge in [-0.15, -0.1) is 10.2 Å². The number of methoxy groups -OCH3 is 1. The Balaban J connectivity index is 2.30. The van der Waals surface area contributed by atoms with E-state index < -0.39 is 4.92 Å². The Bertz CT molecular complexity index is 784. The minimum absolute atomic E-state index is 0.0884. The molecule has 0 bridgehead atoms. The van der Waals surface area contributed by atoms with Gasteiger partial charge in [-0.2, -0.15) is 4.98 Å². The van der Waals surface area contributed by atoms with Crippen LogP contribution < -0.4 is 4.74 Å². The molecule has 0 fully saturated rings. The number of ether oxygens (including phenoxy) is 1. The van der Waals surface area contributed by atoms with E-state index in [1.807, 2.05) is 30.3 Å². The maximum Gasteiger partial charge on any atom is 0.375 e. The third-order valence-corrected chi connectivity index (χ3v) is 2.81. The monoisotopic (exact) mass is 271 g/mol. The first-order valence-electron chi connectivity index (χ1n) is 5.70. The van der Waals surface area contributed by atoms with Crippen molar-refractivity contribution in [2.24, 2.45) is 0 Å². The molecule has 0 saturated heterocycles. The number of nitrogens with zero attached hydrogens (tertiary/aromatic N) is 5. The lowest BCUT2D eigenvalue weighted by atomic mass is 10.2. The summed E-state index contributed by atoms with van der Waals surface area (Å²) in [5, 5.41) is 19.0. The smallest absolute Gasteiger partial charge is 0.375 e. The zero-order valence-electron chi connectivity index (χ0n) is 10.4. The molecule has 3 aromatic rings. The number of benzene rings is 1. The Morgan fingerprint density at radius 2 is 2.00 bits per heavy atom. The SMILES string of the molecule is COc1ncn2c(-c3ccccc3)nnc2c1[N+](=O)[O-]. The van der Waals surface area contributed by atoms with Crippen LogP contribution in [-0.2, 0) is 0 Å². The molecule has 20 heavy (non-hydrogen) atoms. The van der Waals surface area contributed by atoms with Crippen LogP contribution in [0, 0.1) is 10.1 Å². The highest BCUT2D eigenvalue weighted by Gasteiger charge is 2.25. The van der Waals surface area contributed by atoms with Crippen LogP contribution >= 0.6 is 0 Å². The molecular formula is C12H9N5O3. The maximum absolute atomic E-state index is 11.1. The summed E-state index contributed by atoms with van der Waals surface area (Å²) in [5.74, 6) is 0.397. The van der Waals surface area contributed by atoms with Crippen LogP contribution in [0.1, 0.15) is 0 Å². The number of aromatic nitrogens is 4. The van der Waals surface area contributed by atoms with E-state index in [1.54, 1.807) is 0 Å². The lowest BCUT2D eigenvalue weighted by Crippen LogP contribution is -2.01. The summed E-state index contributed by atoms with van der Waals surface area (Å²) in [7, 11) is 1.32. The minimum atomic E-state index is -0.579. The average Bonchev–Trinajstić information content (AvgIpc) is 2.90. The largest absolute Gasteiger partial charge is 0.476 e. The van der Waals surface area contributed by atoms with Gasteiger partial charge >= 0.3 is 5.69 Å². The van der Waals surface area contributed by atoms with E-state index in [2.05, 4.69) is 15.2 Å². The Labute approximate surface area is 112 Å². The van der Waals surface area contributed by atoms with Crippen molar-refractivity contribution in [3.05, 3.63) is 46.8 Å². The van der Waals surface area contributed by atoms with E-state index in [1.165, 1.54) is 17.8 Å². The molecule has 2 aromatic heterocycles. The highest BCUT2D eigenvalue weighted by Crippen LogP contribution is 2.30. The van der Waals surface area contributed by atoms with Crippen LogP contribution in [0.4, 0.5) is 5.69 Å². The molecule has 8 heteroatoms. The topological polar surface area (TPSA) is 95.5 Å². The minimum Gasteiger partial charge on any atom is -0.476 e. The van der Waals surface area contributed by atoms with E-state index in [9.17, 15) is 10.1 Å². The fraction of sp³-hybridized carbons (Fsp3) is 0.0833. The molecule has 0 spiro atoms. The molecule has 0 aliphatic rings.